The lowest BCUT2D eigenvalue weighted by molar-refractivity contribution is 0.243. The average Bonchev–Trinajstić information content (AvgIpc) is 2.42. The van der Waals surface area contributed by atoms with Gasteiger partial charge < -0.3 is 5.73 Å². The molecule has 0 spiro atoms. The molecule has 1 aromatic carbocycles. The van der Waals surface area contributed by atoms with Crippen LogP contribution in [0.3, 0.4) is 0 Å². The normalized spacial score (nSPS) is 22.2. The fourth-order valence-corrected chi connectivity index (χ4v) is 4.93. The van der Waals surface area contributed by atoms with E-state index < -0.39 is 15.8 Å². The molecule has 118 valence electrons. The van der Waals surface area contributed by atoms with Gasteiger partial charge in [0, 0.05) is 19.1 Å². The predicted octanol–water partition coefficient (Wildman–Crippen LogP) is 2.64. The van der Waals surface area contributed by atoms with Crippen LogP contribution in [0.1, 0.15) is 25.3 Å². The van der Waals surface area contributed by atoms with Crippen molar-refractivity contribution in [2.45, 2.75) is 37.6 Å². The second kappa shape index (κ2) is 6.32. The number of halogens is 2. The summed E-state index contributed by atoms with van der Waals surface area (Å²) in [4.78, 5) is 0.154. The largest absolute Gasteiger partial charge is 0.328 e. The minimum atomic E-state index is -3.62. The molecule has 0 amide bonds. The van der Waals surface area contributed by atoms with Gasteiger partial charge in [0.1, 0.15) is 5.82 Å². The van der Waals surface area contributed by atoms with E-state index in [4.69, 9.17) is 5.73 Å². The van der Waals surface area contributed by atoms with E-state index in [-0.39, 0.29) is 21.3 Å². The Morgan fingerprint density at radius 2 is 2.14 bits per heavy atom. The Morgan fingerprint density at radius 1 is 1.48 bits per heavy atom. The van der Waals surface area contributed by atoms with Gasteiger partial charge in [0.05, 0.1) is 9.37 Å². The SMILES string of the molecule is Cc1cc(F)c(Br)cc1S(=O)(=O)N1CCCC(C(C)N)C1. The van der Waals surface area contributed by atoms with Gasteiger partial charge in [0.15, 0.2) is 0 Å². The maximum Gasteiger partial charge on any atom is 0.243 e. The molecule has 1 aliphatic rings. The van der Waals surface area contributed by atoms with E-state index in [0.29, 0.717) is 18.7 Å². The topological polar surface area (TPSA) is 63.4 Å². The summed E-state index contributed by atoms with van der Waals surface area (Å²) in [5.74, 6) is -0.295. The first-order chi connectivity index (χ1) is 9.73. The molecule has 1 aromatic rings. The lowest BCUT2D eigenvalue weighted by Crippen LogP contribution is -2.45. The Morgan fingerprint density at radius 3 is 2.76 bits per heavy atom. The lowest BCUT2D eigenvalue weighted by atomic mass is 9.93. The van der Waals surface area contributed by atoms with Crippen LogP contribution in [-0.2, 0) is 10.0 Å². The van der Waals surface area contributed by atoms with Crippen molar-refractivity contribution in [2.24, 2.45) is 11.7 Å². The molecule has 2 rings (SSSR count). The van der Waals surface area contributed by atoms with E-state index in [2.05, 4.69) is 15.9 Å². The van der Waals surface area contributed by atoms with Crippen molar-refractivity contribution in [3.8, 4) is 0 Å². The summed E-state index contributed by atoms with van der Waals surface area (Å²) in [6.07, 6.45) is 1.74. The van der Waals surface area contributed by atoms with Crippen LogP contribution in [0.2, 0.25) is 0 Å². The molecule has 0 aromatic heterocycles. The van der Waals surface area contributed by atoms with Gasteiger partial charge in [-0.1, -0.05) is 0 Å². The molecule has 0 aliphatic carbocycles. The summed E-state index contributed by atoms with van der Waals surface area (Å²) in [6.45, 7) is 4.42. The molecule has 1 saturated heterocycles. The second-order valence-electron chi connectivity index (χ2n) is 5.66. The molecule has 0 saturated carbocycles. The number of nitrogens with two attached hydrogens (primary N) is 1. The van der Waals surface area contributed by atoms with E-state index in [0.717, 1.165) is 12.8 Å². The summed E-state index contributed by atoms with van der Waals surface area (Å²) in [5.41, 5.74) is 6.32. The molecule has 1 fully saturated rings. The molecule has 1 aliphatic heterocycles. The summed E-state index contributed by atoms with van der Waals surface area (Å²) in [7, 11) is -3.62. The third-order valence-corrected chi connectivity index (χ3v) is 6.61. The lowest BCUT2D eigenvalue weighted by Gasteiger charge is -2.34. The maximum atomic E-state index is 13.5. The molecule has 21 heavy (non-hydrogen) atoms. The van der Waals surface area contributed by atoms with Crippen molar-refractivity contribution in [1.29, 1.82) is 0 Å². The van der Waals surface area contributed by atoms with Gasteiger partial charge in [-0.2, -0.15) is 4.31 Å². The van der Waals surface area contributed by atoms with Crippen LogP contribution in [0, 0.1) is 18.7 Å². The Kier molecular flexibility index (Phi) is 5.07. The van der Waals surface area contributed by atoms with Crippen molar-refractivity contribution in [1.82, 2.24) is 4.31 Å². The molecule has 2 unspecified atom stereocenters. The number of piperidine rings is 1. The van der Waals surface area contributed by atoms with Gasteiger partial charge in [-0.15, -0.1) is 0 Å². The molecular weight excluding hydrogens is 359 g/mol. The Labute approximate surface area is 133 Å². The third-order valence-electron chi connectivity index (χ3n) is 4.00. The minimum absolute atomic E-state index is 0.0379. The molecule has 0 bridgehead atoms. The van der Waals surface area contributed by atoms with E-state index in [1.165, 1.54) is 16.4 Å². The molecular formula is C14H20BrFN2O2S. The Balaban J connectivity index is 2.36. The number of benzene rings is 1. The molecule has 2 N–H and O–H groups in total. The molecule has 4 nitrogen and oxygen atoms in total. The monoisotopic (exact) mass is 378 g/mol. The highest BCUT2D eigenvalue weighted by atomic mass is 79.9. The quantitative estimate of drug-likeness (QED) is 0.878. The average molecular weight is 379 g/mol. The predicted molar refractivity (Wildman–Crippen MR) is 84.0 cm³/mol. The van der Waals surface area contributed by atoms with E-state index in [9.17, 15) is 12.8 Å². The second-order valence-corrected chi connectivity index (χ2v) is 8.42. The molecule has 7 heteroatoms. The van der Waals surface area contributed by atoms with E-state index in [1.807, 2.05) is 6.92 Å². The Hall–Kier alpha value is -0.500. The highest BCUT2D eigenvalue weighted by Gasteiger charge is 2.32. The zero-order chi connectivity index (χ0) is 15.8. The van der Waals surface area contributed by atoms with E-state index >= 15 is 0 Å². The summed E-state index contributed by atoms with van der Waals surface area (Å²) < 4.78 is 40.7. The number of hydrogen-bond donors (Lipinski definition) is 1. The first-order valence-electron chi connectivity index (χ1n) is 6.95. The maximum absolute atomic E-state index is 13.5. The molecule has 2 atom stereocenters. The van der Waals surface area contributed by atoms with E-state index in [1.54, 1.807) is 6.92 Å². The zero-order valence-corrected chi connectivity index (χ0v) is 14.5. The fraction of sp³-hybridized carbons (Fsp3) is 0.571. The van der Waals surface area contributed by atoms with Crippen LogP contribution in [0.4, 0.5) is 4.39 Å². The van der Waals surface area contributed by atoms with Crippen molar-refractivity contribution in [3.05, 3.63) is 28.0 Å². The highest BCUT2D eigenvalue weighted by molar-refractivity contribution is 9.10. The highest BCUT2D eigenvalue weighted by Crippen LogP contribution is 2.29. The van der Waals surface area contributed by atoms with Gasteiger partial charge >= 0.3 is 0 Å². The van der Waals surface area contributed by atoms with Gasteiger partial charge in [-0.25, -0.2) is 12.8 Å². The first kappa shape index (κ1) is 16.9. The summed E-state index contributed by atoms with van der Waals surface area (Å²) in [6, 6.07) is 2.54. The van der Waals surface area contributed by atoms with Gasteiger partial charge in [0.2, 0.25) is 10.0 Å². The fourth-order valence-electron chi connectivity index (χ4n) is 2.67. The van der Waals surface area contributed by atoms with Crippen molar-refractivity contribution in [2.75, 3.05) is 13.1 Å². The molecule has 1 heterocycles. The van der Waals surface area contributed by atoms with Crippen LogP contribution in [0.15, 0.2) is 21.5 Å². The zero-order valence-electron chi connectivity index (χ0n) is 12.1. The van der Waals surface area contributed by atoms with Gasteiger partial charge in [0.25, 0.3) is 0 Å². The standard InChI is InChI=1S/C14H20BrFN2O2S/c1-9-6-13(16)12(15)7-14(9)21(19,20)18-5-3-4-11(8-18)10(2)17/h6-7,10-11H,3-5,8,17H2,1-2H3. The summed E-state index contributed by atoms with van der Waals surface area (Å²) in [5, 5.41) is 0. The number of nitrogens with zero attached hydrogens (tertiary/aromatic N) is 1. The number of rotatable bonds is 3. The third kappa shape index (κ3) is 3.47. The summed E-state index contributed by atoms with van der Waals surface area (Å²) >= 11 is 3.05. The van der Waals surface area contributed by atoms with Crippen molar-refractivity contribution < 1.29 is 12.8 Å². The smallest absolute Gasteiger partial charge is 0.243 e. The van der Waals surface area contributed by atoms with Gasteiger partial charge in [-0.05, 0) is 66.2 Å². The van der Waals surface area contributed by atoms with Crippen LogP contribution >= 0.6 is 15.9 Å². The number of sulfonamides is 1. The van der Waals surface area contributed by atoms with Gasteiger partial charge in [-0.3, -0.25) is 0 Å². The van der Waals surface area contributed by atoms with Crippen LogP contribution in [0.25, 0.3) is 0 Å². The Bertz CT molecular complexity index is 634. The number of aryl methyl sites for hydroxylation is 1. The van der Waals surface area contributed by atoms with Crippen LogP contribution in [0.5, 0.6) is 0 Å². The van der Waals surface area contributed by atoms with Crippen molar-refractivity contribution in [3.63, 3.8) is 0 Å². The van der Waals surface area contributed by atoms with Crippen molar-refractivity contribution >= 4 is 26.0 Å². The van der Waals surface area contributed by atoms with Crippen LogP contribution in [-0.4, -0.2) is 31.9 Å². The number of hydrogen-bond acceptors (Lipinski definition) is 3. The van der Waals surface area contributed by atoms with Crippen LogP contribution < -0.4 is 5.73 Å². The molecule has 0 radical (unpaired) electrons. The minimum Gasteiger partial charge on any atom is -0.328 e. The first-order valence-corrected chi connectivity index (χ1v) is 9.18.